The highest BCUT2D eigenvalue weighted by Gasteiger charge is 2.56. The largest absolute Gasteiger partial charge is 0.478 e. The molecule has 3 aromatic rings. The van der Waals surface area contributed by atoms with Crippen LogP contribution in [0.2, 0.25) is 10.0 Å². The lowest BCUT2D eigenvalue weighted by molar-refractivity contribution is -0.194. The normalized spacial score (nSPS) is 11.6. The first kappa shape index (κ1) is 25.3. The molecule has 8 nitrogen and oxygen atoms in total. The number of rotatable bonds is 9. The number of benzene rings is 2. The van der Waals surface area contributed by atoms with Gasteiger partial charge in [-0.2, -0.15) is 0 Å². The second-order valence-electron chi connectivity index (χ2n) is 7.63. The van der Waals surface area contributed by atoms with E-state index in [2.05, 4.69) is 4.98 Å². The molecule has 1 aromatic heterocycles. The molecule has 0 atom stereocenters. The average molecular weight is 506 g/mol. The Kier molecular flexibility index (Phi) is 7.33. The fourth-order valence-corrected chi connectivity index (χ4v) is 4.14. The molecule has 0 bridgehead atoms. The van der Waals surface area contributed by atoms with Crippen molar-refractivity contribution in [3.63, 3.8) is 0 Å². The van der Waals surface area contributed by atoms with Gasteiger partial charge in [-0.1, -0.05) is 49.2 Å². The molecule has 0 radical (unpaired) electrons. The summed E-state index contributed by atoms with van der Waals surface area (Å²) < 4.78 is 5.27. The number of ketones is 1. The van der Waals surface area contributed by atoms with E-state index in [1.54, 1.807) is 19.9 Å². The molecule has 0 aliphatic heterocycles. The van der Waals surface area contributed by atoms with Gasteiger partial charge in [0.15, 0.2) is 0 Å². The number of fused-ring (bicyclic) bond motifs is 1. The molecular weight excluding hydrogens is 485 g/mol. The van der Waals surface area contributed by atoms with E-state index in [9.17, 15) is 29.4 Å². The van der Waals surface area contributed by atoms with Crippen molar-refractivity contribution >= 4 is 57.8 Å². The first-order chi connectivity index (χ1) is 16.1. The number of esters is 1. The van der Waals surface area contributed by atoms with Crippen molar-refractivity contribution in [1.29, 1.82) is 0 Å². The van der Waals surface area contributed by atoms with Gasteiger partial charge >= 0.3 is 23.5 Å². The molecule has 0 saturated heterocycles. The first-order valence-electron chi connectivity index (χ1n) is 10.4. The van der Waals surface area contributed by atoms with E-state index in [4.69, 9.17) is 27.9 Å². The fraction of sp³-hybridized carbons (Fsp3) is 0.250. The van der Waals surface area contributed by atoms with Crippen LogP contribution in [0, 0.1) is 5.92 Å². The summed E-state index contributed by atoms with van der Waals surface area (Å²) in [6.45, 7) is 3.39. The van der Waals surface area contributed by atoms with Crippen molar-refractivity contribution in [2.45, 2.75) is 32.3 Å². The molecule has 0 amide bonds. The van der Waals surface area contributed by atoms with Crippen molar-refractivity contribution in [3.8, 4) is 0 Å². The third-order valence-corrected chi connectivity index (χ3v) is 6.07. The monoisotopic (exact) mass is 505 g/mol. The number of carbonyl (C=O) groups is 4. The third kappa shape index (κ3) is 4.38. The number of H-pyrrole nitrogens is 1. The molecule has 0 saturated carbocycles. The lowest BCUT2D eigenvalue weighted by atomic mass is 9.88. The molecular formula is C24H21Cl2NO7. The molecule has 0 spiro atoms. The topological polar surface area (TPSA) is 134 Å². The van der Waals surface area contributed by atoms with Crippen molar-refractivity contribution < 1.29 is 34.1 Å². The summed E-state index contributed by atoms with van der Waals surface area (Å²) in [6, 6.07) is 10.1. The van der Waals surface area contributed by atoms with Gasteiger partial charge < -0.3 is 19.9 Å². The number of halogens is 2. The Morgan fingerprint density at radius 2 is 1.59 bits per heavy atom. The van der Waals surface area contributed by atoms with Gasteiger partial charge in [0.1, 0.15) is 0 Å². The molecule has 10 heteroatoms. The van der Waals surface area contributed by atoms with Crippen LogP contribution in [0.15, 0.2) is 42.5 Å². The van der Waals surface area contributed by atoms with Crippen LogP contribution in [0.25, 0.3) is 10.9 Å². The maximum Gasteiger partial charge on any atom is 0.365 e. The van der Waals surface area contributed by atoms with E-state index in [-0.39, 0.29) is 32.2 Å². The maximum absolute atomic E-state index is 13.4. The minimum absolute atomic E-state index is 0.0139. The molecule has 3 rings (SSSR count). The van der Waals surface area contributed by atoms with Gasteiger partial charge in [0, 0.05) is 26.5 Å². The van der Waals surface area contributed by atoms with Crippen LogP contribution in [0.5, 0.6) is 0 Å². The molecule has 178 valence electrons. The second-order valence-corrected chi connectivity index (χ2v) is 8.50. The van der Waals surface area contributed by atoms with Crippen molar-refractivity contribution in [2.75, 3.05) is 0 Å². The number of hydrogen-bond donors (Lipinski definition) is 3. The van der Waals surface area contributed by atoms with Gasteiger partial charge in [-0.25, -0.2) is 9.59 Å². The number of aromatic amines is 1. The number of aliphatic carboxylic acids is 2. The Hall–Kier alpha value is -3.36. The lowest BCUT2D eigenvalue weighted by Crippen LogP contribution is -2.49. The molecule has 0 unspecified atom stereocenters. The average Bonchev–Trinajstić information content (AvgIpc) is 3.16. The van der Waals surface area contributed by atoms with Gasteiger partial charge in [0.2, 0.25) is 5.78 Å². The number of carboxylic acid groups (broad SMARTS) is 2. The number of carboxylic acids is 2. The smallest absolute Gasteiger partial charge is 0.365 e. The van der Waals surface area contributed by atoms with E-state index in [1.165, 1.54) is 36.4 Å². The highest BCUT2D eigenvalue weighted by molar-refractivity contribution is 6.32. The van der Waals surface area contributed by atoms with Crippen LogP contribution in [-0.2, 0) is 24.7 Å². The molecule has 3 N–H and O–H groups in total. The summed E-state index contributed by atoms with van der Waals surface area (Å²) in [5.41, 5.74) is -3.82. The van der Waals surface area contributed by atoms with E-state index in [1.807, 2.05) is 0 Å². The van der Waals surface area contributed by atoms with Gasteiger partial charge in [0.05, 0.1) is 17.2 Å². The Labute approximate surface area is 204 Å². The van der Waals surface area contributed by atoms with Crippen LogP contribution >= 0.6 is 23.2 Å². The summed E-state index contributed by atoms with van der Waals surface area (Å²) in [5.74, 6) is -6.43. The molecule has 0 aliphatic rings. The maximum atomic E-state index is 13.4. The Morgan fingerprint density at radius 1 is 0.971 bits per heavy atom. The zero-order valence-corrected chi connectivity index (χ0v) is 19.7. The van der Waals surface area contributed by atoms with Crippen LogP contribution in [-0.4, -0.2) is 38.9 Å². The summed E-state index contributed by atoms with van der Waals surface area (Å²) in [6.07, 6.45) is 0.608. The van der Waals surface area contributed by atoms with Crippen molar-refractivity contribution in [3.05, 3.63) is 69.3 Å². The van der Waals surface area contributed by atoms with E-state index in [0.29, 0.717) is 12.8 Å². The van der Waals surface area contributed by atoms with Crippen molar-refractivity contribution in [2.24, 2.45) is 5.92 Å². The summed E-state index contributed by atoms with van der Waals surface area (Å²) >= 11 is 12.1. The zero-order valence-electron chi connectivity index (χ0n) is 18.2. The van der Waals surface area contributed by atoms with Crippen LogP contribution in [0.3, 0.4) is 0 Å². The van der Waals surface area contributed by atoms with Crippen LogP contribution < -0.4 is 0 Å². The highest BCUT2D eigenvalue weighted by atomic mass is 35.5. The minimum atomic E-state index is -3.22. The SMILES string of the molecule is CCC(CC)C(=O)OC(C(=O)O)(C(=O)O)c1c(C(=O)c2cccc(Cl)c2)[nH]c2ccc(Cl)cc12. The number of aromatic nitrogens is 1. The predicted molar refractivity (Wildman–Crippen MR) is 125 cm³/mol. The van der Waals surface area contributed by atoms with E-state index >= 15 is 0 Å². The lowest BCUT2D eigenvalue weighted by Gasteiger charge is -2.27. The number of nitrogens with one attached hydrogen (secondary N) is 1. The third-order valence-electron chi connectivity index (χ3n) is 5.60. The van der Waals surface area contributed by atoms with Gasteiger partial charge in [-0.3, -0.25) is 9.59 Å². The molecule has 2 aromatic carbocycles. The number of carbonyl (C=O) groups excluding carboxylic acids is 2. The Morgan fingerprint density at radius 3 is 2.15 bits per heavy atom. The number of hydrogen-bond acceptors (Lipinski definition) is 5. The summed E-state index contributed by atoms with van der Waals surface area (Å²) in [5, 5.41) is 20.7. The van der Waals surface area contributed by atoms with Crippen LogP contribution in [0.4, 0.5) is 0 Å². The minimum Gasteiger partial charge on any atom is -0.478 e. The standard InChI is InChI=1S/C24H21Cl2NO7/c1-3-12(4-2)21(29)34-24(22(30)31,23(32)33)18-16-11-15(26)8-9-17(16)27-19(18)20(28)13-6-5-7-14(25)10-13/h5-12,27H,3-4H2,1-2H3,(H,30,31)(H,32,33). The first-order valence-corrected chi connectivity index (χ1v) is 11.1. The summed E-state index contributed by atoms with van der Waals surface area (Å²) in [4.78, 5) is 54.2. The van der Waals surface area contributed by atoms with Gasteiger partial charge in [-0.15, -0.1) is 0 Å². The predicted octanol–water partition coefficient (Wildman–Crippen LogP) is 5.05. The van der Waals surface area contributed by atoms with Crippen LogP contribution in [0.1, 0.15) is 48.3 Å². The molecule has 34 heavy (non-hydrogen) atoms. The van der Waals surface area contributed by atoms with Crippen molar-refractivity contribution in [1.82, 2.24) is 4.98 Å². The quantitative estimate of drug-likeness (QED) is 0.210. The fourth-order valence-electron chi connectivity index (χ4n) is 3.77. The zero-order chi connectivity index (χ0) is 25.2. The molecule has 0 fully saturated rings. The number of ether oxygens (including phenoxy) is 1. The Bertz CT molecular complexity index is 1280. The van der Waals surface area contributed by atoms with E-state index < -0.39 is 40.8 Å². The van der Waals surface area contributed by atoms with E-state index in [0.717, 1.165) is 0 Å². The van der Waals surface area contributed by atoms with Gasteiger partial charge in [-0.05, 0) is 43.2 Å². The second kappa shape index (κ2) is 9.87. The highest BCUT2D eigenvalue weighted by Crippen LogP contribution is 2.39. The molecule has 1 heterocycles. The summed E-state index contributed by atoms with van der Waals surface area (Å²) in [7, 11) is 0. The Balaban J connectivity index is 2.38. The van der Waals surface area contributed by atoms with Gasteiger partial charge in [0.25, 0.3) is 0 Å². The molecule has 0 aliphatic carbocycles.